The van der Waals surface area contributed by atoms with E-state index in [0.29, 0.717) is 25.7 Å². The lowest BCUT2D eigenvalue weighted by Crippen LogP contribution is -2.29. The molecule has 2 N–H and O–H groups in total. The van der Waals surface area contributed by atoms with Crippen molar-refractivity contribution in [3.8, 4) is 5.75 Å². The van der Waals surface area contributed by atoms with Crippen LogP contribution in [-0.4, -0.2) is 39.3 Å². The summed E-state index contributed by atoms with van der Waals surface area (Å²) in [7, 11) is 1.67. The van der Waals surface area contributed by atoms with Gasteiger partial charge in [-0.05, 0) is 43.1 Å². The number of ether oxygens (including phenoxy) is 2. The molecule has 0 aromatic heterocycles. The van der Waals surface area contributed by atoms with Gasteiger partial charge in [-0.1, -0.05) is 13.8 Å². The van der Waals surface area contributed by atoms with Crippen LogP contribution >= 0.6 is 0 Å². The average molecular weight is 294 g/mol. The lowest BCUT2D eigenvalue weighted by molar-refractivity contribution is -0.115. The van der Waals surface area contributed by atoms with Crippen LogP contribution in [0, 0.1) is 5.92 Å². The molecular weight excluding hydrogens is 268 g/mol. The average Bonchev–Trinajstić information content (AvgIpc) is 2.46. The molecule has 1 rings (SSSR count). The molecule has 0 spiro atoms. The first kappa shape index (κ1) is 17.5. The molecule has 1 aromatic carbocycles. The molecular formula is C16H26N2O3. The Hall–Kier alpha value is -1.59. The minimum absolute atomic E-state index is 0.0525. The Kier molecular flexibility index (Phi) is 8.47. The summed E-state index contributed by atoms with van der Waals surface area (Å²) in [5.41, 5.74) is 0.774. The number of carbonyl (C=O) groups is 1. The topological polar surface area (TPSA) is 59.6 Å². The van der Waals surface area contributed by atoms with E-state index in [1.54, 1.807) is 7.11 Å². The third kappa shape index (κ3) is 8.32. The largest absolute Gasteiger partial charge is 0.493 e. The Morgan fingerprint density at radius 2 is 1.95 bits per heavy atom. The van der Waals surface area contributed by atoms with Crippen LogP contribution in [-0.2, 0) is 9.53 Å². The van der Waals surface area contributed by atoms with E-state index < -0.39 is 0 Å². The summed E-state index contributed by atoms with van der Waals surface area (Å²) in [6.45, 7) is 6.67. The maximum Gasteiger partial charge on any atom is 0.238 e. The van der Waals surface area contributed by atoms with Crippen LogP contribution in [0.3, 0.4) is 0 Å². The molecule has 0 saturated heterocycles. The Labute approximate surface area is 127 Å². The molecule has 0 aliphatic rings. The Bertz CT molecular complexity index is 404. The molecule has 1 aromatic rings. The summed E-state index contributed by atoms with van der Waals surface area (Å²) >= 11 is 0. The van der Waals surface area contributed by atoms with Crippen LogP contribution in [0.15, 0.2) is 24.3 Å². The zero-order valence-electron chi connectivity index (χ0n) is 13.1. The molecule has 0 heterocycles. The van der Waals surface area contributed by atoms with Crippen molar-refractivity contribution < 1.29 is 14.3 Å². The number of rotatable bonds is 10. The van der Waals surface area contributed by atoms with E-state index in [9.17, 15) is 4.79 Å². The summed E-state index contributed by atoms with van der Waals surface area (Å²) < 4.78 is 10.5. The predicted molar refractivity (Wildman–Crippen MR) is 84.8 cm³/mol. The van der Waals surface area contributed by atoms with Crippen molar-refractivity contribution in [3.63, 3.8) is 0 Å². The molecule has 0 bridgehead atoms. The molecule has 118 valence electrons. The molecule has 5 nitrogen and oxygen atoms in total. The number of amides is 1. The number of hydrogen-bond donors (Lipinski definition) is 2. The van der Waals surface area contributed by atoms with Gasteiger partial charge in [-0.15, -0.1) is 0 Å². The fourth-order valence-corrected chi connectivity index (χ4v) is 1.65. The minimum Gasteiger partial charge on any atom is -0.493 e. The second-order valence-corrected chi connectivity index (χ2v) is 5.30. The van der Waals surface area contributed by atoms with Gasteiger partial charge in [-0.3, -0.25) is 4.79 Å². The van der Waals surface area contributed by atoms with Crippen molar-refractivity contribution in [1.29, 1.82) is 0 Å². The molecule has 21 heavy (non-hydrogen) atoms. The highest BCUT2D eigenvalue weighted by atomic mass is 16.5. The molecule has 0 radical (unpaired) electrons. The van der Waals surface area contributed by atoms with E-state index in [0.717, 1.165) is 24.4 Å². The number of hydrogen-bond acceptors (Lipinski definition) is 4. The minimum atomic E-state index is -0.0525. The van der Waals surface area contributed by atoms with Gasteiger partial charge in [0.15, 0.2) is 0 Å². The zero-order chi connectivity index (χ0) is 15.5. The van der Waals surface area contributed by atoms with Crippen LogP contribution in [0.25, 0.3) is 0 Å². The van der Waals surface area contributed by atoms with Crippen molar-refractivity contribution in [1.82, 2.24) is 5.32 Å². The Morgan fingerprint density at radius 1 is 1.24 bits per heavy atom. The van der Waals surface area contributed by atoms with E-state index in [-0.39, 0.29) is 5.91 Å². The van der Waals surface area contributed by atoms with Gasteiger partial charge in [0.1, 0.15) is 5.75 Å². The molecule has 0 unspecified atom stereocenters. The van der Waals surface area contributed by atoms with Crippen molar-refractivity contribution in [3.05, 3.63) is 24.3 Å². The van der Waals surface area contributed by atoms with Crippen molar-refractivity contribution in [2.45, 2.75) is 20.3 Å². The van der Waals surface area contributed by atoms with Gasteiger partial charge in [-0.25, -0.2) is 0 Å². The maximum atomic E-state index is 11.7. The molecule has 0 fully saturated rings. The molecule has 0 saturated carbocycles. The summed E-state index contributed by atoms with van der Waals surface area (Å²) in [6.07, 6.45) is 0.895. The lowest BCUT2D eigenvalue weighted by atomic mass is 10.2. The second-order valence-electron chi connectivity index (χ2n) is 5.30. The number of carbonyl (C=O) groups excluding carboxylic acids is 1. The van der Waals surface area contributed by atoms with Crippen LogP contribution in [0.1, 0.15) is 20.3 Å². The van der Waals surface area contributed by atoms with E-state index in [1.807, 2.05) is 24.3 Å². The first-order chi connectivity index (χ1) is 10.1. The Balaban J connectivity index is 2.26. The van der Waals surface area contributed by atoms with Crippen molar-refractivity contribution in [2.75, 3.05) is 38.7 Å². The van der Waals surface area contributed by atoms with E-state index in [4.69, 9.17) is 9.47 Å². The van der Waals surface area contributed by atoms with Crippen molar-refractivity contribution >= 4 is 11.6 Å². The number of methoxy groups -OCH3 is 1. The lowest BCUT2D eigenvalue weighted by Gasteiger charge is -2.10. The quantitative estimate of drug-likeness (QED) is 0.650. The fraction of sp³-hybridized carbons (Fsp3) is 0.562. The van der Waals surface area contributed by atoms with Gasteiger partial charge in [0.25, 0.3) is 0 Å². The van der Waals surface area contributed by atoms with E-state index in [2.05, 4.69) is 24.5 Å². The van der Waals surface area contributed by atoms with Crippen LogP contribution in [0.5, 0.6) is 5.75 Å². The maximum absolute atomic E-state index is 11.7. The predicted octanol–water partition coefficient (Wildman–Crippen LogP) is 2.29. The second kappa shape index (κ2) is 10.2. The molecule has 0 atom stereocenters. The van der Waals surface area contributed by atoms with E-state index in [1.165, 1.54) is 0 Å². The van der Waals surface area contributed by atoms with Gasteiger partial charge in [-0.2, -0.15) is 0 Å². The first-order valence-corrected chi connectivity index (χ1v) is 7.34. The van der Waals surface area contributed by atoms with Gasteiger partial charge in [0, 0.05) is 19.4 Å². The number of anilines is 1. The third-order valence-corrected chi connectivity index (χ3v) is 2.71. The van der Waals surface area contributed by atoms with Gasteiger partial charge >= 0.3 is 0 Å². The number of benzene rings is 1. The first-order valence-electron chi connectivity index (χ1n) is 7.34. The molecule has 5 heteroatoms. The van der Waals surface area contributed by atoms with Crippen LogP contribution in [0.2, 0.25) is 0 Å². The molecule has 0 aliphatic carbocycles. The smallest absolute Gasteiger partial charge is 0.238 e. The zero-order valence-corrected chi connectivity index (χ0v) is 13.1. The van der Waals surface area contributed by atoms with Gasteiger partial charge in [0.2, 0.25) is 5.91 Å². The van der Waals surface area contributed by atoms with Gasteiger partial charge in [0.05, 0.1) is 13.2 Å². The summed E-state index contributed by atoms with van der Waals surface area (Å²) in [5.74, 6) is 1.26. The normalized spacial score (nSPS) is 10.7. The van der Waals surface area contributed by atoms with Crippen LogP contribution < -0.4 is 15.4 Å². The van der Waals surface area contributed by atoms with E-state index >= 15 is 0 Å². The highest BCUT2D eigenvalue weighted by molar-refractivity contribution is 5.92. The summed E-state index contributed by atoms with van der Waals surface area (Å²) in [5, 5.41) is 5.90. The summed E-state index contributed by atoms with van der Waals surface area (Å²) in [4.78, 5) is 11.7. The number of nitrogens with one attached hydrogen (secondary N) is 2. The molecule has 0 aliphatic heterocycles. The highest BCUT2D eigenvalue weighted by Crippen LogP contribution is 2.16. The Morgan fingerprint density at radius 3 is 2.57 bits per heavy atom. The monoisotopic (exact) mass is 294 g/mol. The highest BCUT2D eigenvalue weighted by Gasteiger charge is 2.02. The third-order valence-electron chi connectivity index (χ3n) is 2.71. The molecule has 1 amide bonds. The van der Waals surface area contributed by atoms with Crippen molar-refractivity contribution in [2.24, 2.45) is 5.92 Å². The fourth-order valence-electron chi connectivity index (χ4n) is 1.65. The summed E-state index contributed by atoms with van der Waals surface area (Å²) in [6, 6.07) is 7.42. The van der Waals surface area contributed by atoms with Gasteiger partial charge < -0.3 is 20.1 Å². The standard InChI is InChI=1S/C16H26N2O3/c1-13(2)12-21-15-7-5-14(6-8-15)18-16(19)11-17-9-4-10-20-3/h5-8,13,17H,4,9-12H2,1-3H3,(H,18,19). The van der Waals surface area contributed by atoms with Crippen LogP contribution in [0.4, 0.5) is 5.69 Å². The SMILES string of the molecule is COCCCNCC(=O)Nc1ccc(OCC(C)C)cc1.